The maximum atomic E-state index is 10.2. The summed E-state index contributed by atoms with van der Waals surface area (Å²) in [4.78, 5) is 0. The van der Waals surface area contributed by atoms with Gasteiger partial charge in [0.2, 0.25) is 12.2 Å². The third-order valence-electron chi connectivity index (χ3n) is 4.73. The van der Waals surface area contributed by atoms with Gasteiger partial charge in [-0.2, -0.15) is 0 Å². The average molecular weight is 394 g/mol. The van der Waals surface area contributed by atoms with Crippen LogP contribution in [0.4, 0.5) is 0 Å². The maximum absolute atomic E-state index is 10.2. The van der Waals surface area contributed by atoms with Crippen LogP contribution in [0.3, 0.4) is 0 Å². The largest absolute Gasteiger partial charge is 0.494 e. The first-order valence-electron chi connectivity index (χ1n) is 9.17. The summed E-state index contributed by atoms with van der Waals surface area (Å²) < 4.78 is 16.5. The summed E-state index contributed by atoms with van der Waals surface area (Å²) in [5.74, 6) is 1.00. The second-order valence-corrected chi connectivity index (χ2v) is 6.70. The molecule has 0 amide bonds. The molecule has 0 spiro atoms. The van der Waals surface area contributed by atoms with Crippen molar-refractivity contribution in [2.75, 3.05) is 13.2 Å². The quantitative estimate of drug-likeness (QED) is 0.439. The summed E-state index contributed by atoms with van der Waals surface area (Å²) >= 11 is 0. The lowest BCUT2D eigenvalue weighted by atomic mass is 9.99. The van der Waals surface area contributed by atoms with Crippen LogP contribution in [-0.2, 0) is 11.2 Å². The SMILES string of the molecule is CCOc1ccc(Cc2c(O[C@@H]3O[C@H](CO)[C@@H](O)[C@H](O)[C@H]3O)n[nH]c2C)cc1. The first-order valence-corrected chi connectivity index (χ1v) is 9.17. The second kappa shape index (κ2) is 8.89. The lowest BCUT2D eigenvalue weighted by Gasteiger charge is -2.39. The molecule has 0 aliphatic carbocycles. The summed E-state index contributed by atoms with van der Waals surface area (Å²) in [6, 6.07) is 7.64. The second-order valence-electron chi connectivity index (χ2n) is 6.70. The monoisotopic (exact) mass is 394 g/mol. The Morgan fingerprint density at radius 3 is 2.46 bits per heavy atom. The molecule has 9 heteroatoms. The van der Waals surface area contributed by atoms with E-state index < -0.39 is 37.3 Å². The van der Waals surface area contributed by atoms with E-state index in [1.165, 1.54) is 0 Å². The zero-order valence-electron chi connectivity index (χ0n) is 15.8. The Hall–Kier alpha value is -2.17. The van der Waals surface area contributed by atoms with Crippen LogP contribution in [0.15, 0.2) is 24.3 Å². The molecule has 0 bridgehead atoms. The normalized spacial score (nSPS) is 27.6. The minimum Gasteiger partial charge on any atom is -0.494 e. The number of H-pyrrole nitrogens is 1. The van der Waals surface area contributed by atoms with Crippen molar-refractivity contribution >= 4 is 0 Å². The number of aromatic amines is 1. The van der Waals surface area contributed by atoms with Crippen LogP contribution in [0, 0.1) is 6.92 Å². The number of rotatable bonds is 7. The van der Waals surface area contributed by atoms with Gasteiger partial charge in [-0.3, -0.25) is 5.10 Å². The number of ether oxygens (including phenoxy) is 3. The molecule has 9 nitrogen and oxygen atoms in total. The minimum absolute atomic E-state index is 0.218. The molecule has 0 saturated carbocycles. The molecule has 2 heterocycles. The van der Waals surface area contributed by atoms with Gasteiger partial charge in [0.25, 0.3) is 0 Å². The lowest BCUT2D eigenvalue weighted by molar-refractivity contribution is -0.278. The molecule has 5 N–H and O–H groups in total. The van der Waals surface area contributed by atoms with Crippen molar-refractivity contribution in [3.05, 3.63) is 41.1 Å². The van der Waals surface area contributed by atoms with Gasteiger partial charge < -0.3 is 34.6 Å². The van der Waals surface area contributed by atoms with Gasteiger partial charge in [-0.15, -0.1) is 5.10 Å². The number of aromatic nitrogens is 2. The summed E-state index contributed by atoms with van der Waals surface area (Å²) in [5, 5.41) is 46.2. The van der Waals surface area contributed by atoms with Crippen molar-refractivity contribution in [2.24, 2.45) is 0 Å². The van der Waals surface area contributed by atoms with Crippen LogP contribution in [-0.4, -0.2) is 74.5 Å². The number of nitrogens with one attached hydrogen (secondary N) is 1. The summed E-state index contributed by atoms with van der Waals surface area (Å²) in [7, 11) is 0. The Balaban J connectivity index is 1.75. The molecule has 1 aliphatic rings. The Bertz CT molecular complexity index is 762. The Kier molecular flexibility index (Phi) is 6.53. The molecular weight excluding hydrogens is 368 g/mol. The van der Waals surface area contributed by atoms with Gasteiger partial charge in [0.15, 0.2) is 0 Å². The Morgan fingerprint density at radius 2 is 1.82 bits per heavy atom. The zero-order valence-corrected chi connectivity index (χ0v) is 15.8. The van der Waals surface area contributed by atoms with E-state index in [0.29, 0.717) is 13.0 Å². The predicted octanol–water partition coefficient (Wildman–Crippen LogP) is -0.114. The van der Waals surface area contributed by atoms with E-state index in [2.05, 4.69) is 10.2 Å². The molecule has 2 aromatic rings. The summed E-state index contributed by atoms with van der Waals surface area (Å²) in [6.45, 7) is 3.84. The fraction of sp³-hybridized carbons (Fsp3) is 0.526. The number of nitrogens with zero attached hydrogens (tertiary/aromatic N) is 1. The molecule has 3 rings (SSSR count). The van der Waals surface area contributed by atoms with E-state index in [-0.39, 0.29) is 5.88 Å². The molecule has 154 valence electrons. The smallest absolute Gasteiger partial charge is 0.238 e. The third kappa shape index (κ3) is 4.29. The molecule has 0 unspecified atom stereocenters. The number of benzene rings is 1. The molecule has 28 heavy (non-hydrogen) atoms. The molecule has 1 aromatic heterocycles. The molecule has 1 fully saturated rings. The van der Waals surface area contributed by atoms with E-state index in [9.17, 15) is 20.4 Å². The first-order chi connectivity index (χ1) is 13.4. The van der Waals surface area contributed by atoms with Crippen molar-refractivity contribution in [2.45, 2.75) is 51.0 Å². The van der Waals surface area contributed by atoms with Gasteiger partial charge in [0.05, 0.1) is 13.2 Å². The number of aliphatic hydroxyl groups excluding tert-OH is 4. The Labute approximate surface area is 162 Å². The molecule has 1 aliphatic heterocycles. The molecular formula is C19H26N2O7. The highest BCUT2D eigenvalue weighted by atomic mass is 16.7. The van der Waals surface area contributed by atoms with E-state index in [0.717, 1.165) is 22.6 Å². The topological polar surface area (TPSA) is 137 Å². The average Bonchev–Trinajstić information content (AvgIpc) is 3.03. The number of aliphatic hydroxyl groups is 4. The van der Waals surface area contributed by atoms with Gasteiger partial charge in [0.1, 0.15) is 30.2 Å². The van der Waals surface area contributed by atoms with E-state index in [1.54, 1.807) is 0 Å². The van der Waals surface area contributed by atoms with Crippen LogP contribution in [0.25, 0.3) is 0 Å². The fourth-order valence-corrected chi connectivity index (χ4v) is 3.08. The van der Waals surface area contributed by atoms with Crippen LogP contribution in [0.5, 0.6) is 11.6 Å². The van der Waals surface area contributed by atoms with Gasteiger partial charge in [-0.1, -0.05) is 12.1 Å². The minimum atomic E-state index is -1.51. The van der Waals surface area contributed by atoms with E-state index in [1.807, 2.05) is 38.1 Å². The van der Waals surface area contributed by atoms with Crippen LogP contribution >= 0.6 is 0 Å². The zero-order chi connectivity index (χ0) is 20.3. The molecule has 0 radical (unpaired) electrons. The highest BCUT2D eigenvalue weighted by Gasteiger charge is 2.45. The highest BCUT2D eigenvalue weighted by Crippen LogP contribution is 2.28. The standard InChI is InChI=1S/C19H26N2O7/c1-3-26-12-6-4-11(5-7-12)8-13-10(2)20-21-18(13)28-19-17(25)16(24)15(23)14(9-22)27-19/h4-7,14-17,19,22-25H,3,8-9H2,1-2H3,(H,20,21)/t14-,15-,16+,17-,19+/m1/s1. The van der Waals surface area contributed by atoms with Crippen molar-refractivity contribution in [3.63, 3.8) is 0 Å². The number of aryl methyl sites for hydroxylation is 1. The van der Waals surface area contributed by atoms with Crippen LogP contribution in [0.1, 0.15) is 23.7 Å². The third-order valence-corrected chi connectivity index (χ3v) is 4.73. The first kappa shape index (κ1) is 20.6. The lowest BCUT2D eigenvalue weighted by Crippen LogP contribution is -2.60. The van der Waals surface area contributed by atoms with Gasteiger partial charge in [-0.25, -0.2) is 0 Å². The number of hydrogen-bond donors (Lipinski definition) is 5. The van der Waals surface area contributed by atoms with Gasteiger partial charge in [0, 0.05) is 17.7 Å². The van der Waals surface area contributed by atoms with Crippen molar-refractivity contribution in [3.8, 4) is 11.6 Å². The van der Waals surface area contributed by atoms with Gasteiger partial charge >= 0.3 is 0 Å². The van der Waals surface area contributed by atoms with E-state index in [4.69, 9.17) is 14.2 Å². The summed E-state index contributed by atoms with van der Waals surface area (Å²) in [6.07, 6.45) is -6.25. The maximum Gasteiger partial charge on any atom is 0.238 e. The van der Waals surface area contributed by atoms with Crippen LogP contribution in [0.2, 0.25) is 0 Å². The highest BCUT2D eigenvalue weighted by molar-refractivity contribution is 5.37. The van der Waals surface area contributed by atoms with Crippen molar-refractivity contribution < 1.29 is 34.6 Å². The molecule has 1 saturated heterocycles. The Morgan fingerprint density at radius 1 is 1.11 bits per heavy atom. The molecule has 5 atom stereocenters. The van der Waals surface area contributed by atoms with Gasteiger partial charge in [-0.05, 0) is 31.5 Å². The number of hydrogen-bond acceptors (Lipinski definition) is 8. The van der Waals surface area contributed by atoms with E-state index >= 15 is 0 Å². The fourth-order valence-electron chi connectivity index (χ4n) is 3.08. The predicted molar refractivity (Wildman–Crippen MR) is 98.1 cm³/mol. The molecule has 1 aromatic carbocycles. The van der Waals surface area contributed by atoms with Crippen molar-refractivity contribution in [1.29, 1.82) is 0 Å². The van der Waals surface area contributed by atoms with Crippen LogP contribution < -0.4 is 9.47 Å². The summed E-state index contributed by atoms with van der Waals surface area (Å²) in [5.41, 5.74) is 2.56. The van der Waals surface area contributed by atoms with Crippen molar-refractivity contribution in [1.82, 2.24) is 10.2 Å².